The second-order valence-corrected chi connectivity index (χ2v) is 7.61. The van der Waals surface area contributed by atoms with Crippen molar-refractivity contribution in [3.8, 4) is 0 Å². The summed E-state index contributed by atoms with van der Waals surface area (Å²) in [6.07, 6.45) is 11.4. The fourth-order valence-corrected chi connectivity index (χ4v) is 4.29. The minimum absolute atomic E-state index is 0.209. The van der Waals surface area contributed by atoms with Crippen LogP contribution in [0.3, 0.4) is 0 Å². The topological polar surface area (TPSA) is 46.3 Å². The first kappa shape index (κ1) is 18.6. The lowest BCUT2D eigenvalue weighted by Gasteiger charge is -2.29. The van der Waals surface area contributed by atoms with Gasteiger partial charge in [0.1, 0.15) is 24.7 Å². The molecule has 0 N–H and O–H groups in total. The van der Waals surface area contributed by atoms with Crippen molar-refractivity contribution in [1.29, 1.82) is 0 Å². The molecule has 1 aliphatic carbocycles. The maximum Gasteiger partial charge on any atom is 0.137 e. The minimum Gasteiger partial charge on any atom is -0.255 e. The van der Waals surface area contributed by atoms with E-state index in [0.717, 1.165) is 22.9 Å². The van der Waals surface area contributed by atoms with Crippen LogP contribution < -0.4 is 5.01 Å². The molecule has 1 saturated carbocycles. The van der Waals surface area contributed by atoms with Gasteiger partial charge in [-0.25, -0.2) is 9.67 Å². The van der Waals surface area contributed by atoms with Crippen molar-refractivity contribution in [2.75, 3.05) is 5.01 Å². The highest BCUT2D eigenvalue weighted by Gasteiger charge is 2.45. The van der Waals surface area contributed by atoms with E-state index in [1.54, 1.807) is 12.4 Å². The van der Waals surface area contributed by atoms with Gasteiger partial charge in [-0.2, -0.15) is 10.2 Å². The second-order valence-electron chi connectivity index (χ2n) is 6.77. The van der Waals surface area contributed by atoms with Crippen molar-refractivity contribution in [2.45, 2.75) is 12.1 Å². The van der Waals surface area contributed by atoms with E-state index in [9.17, 15) is 0 Å². The van der Waals surface area contributed by atoms with E-state index in [-0.39, 0.29) is 12.1 Å². The molecule has 2 heterocycles. The Hall–Kier alpha value is -2.37. The van der Waals surface area contributed by atoms with Crippen LogP contribution in [0.4, 0.5) is 5.69 Å². The molecule has 3 aromatic rings. The van der Waals surface area contributed by atoms with Crippen LogP contribution in [0.15, 0.2) is 66.3 Å². The summed E-state index contributed by atoms with van der Waals surface area (Å²) in [5.41, 5.74) is 2.79. The van der Waals surface area contributed by atoms with E-state index in [2.05, 4.69) is 22.9 Å². The summed E-state index contributed by atoms with van der Waals surface area (Å²) in [6, 6.07) is 15.2. The van der Waals surface area contributed by atoms with E-state index in [4.69, 9.17) is 28.3 Å². The zero-order valence-electron chi connectivity index (χ0n) is 15.2. The maximum absolute atomic E-state index is 6.65. The van der Waals surface area contributed by atoms with Crippen molar-refractivity contribution >= 4 is 34.6 Å². The summed E-state index contributed by atoms with van der Waals surface area (Å²) in [7, 11) is 0. The van der Waals surface area contributed by atoms with Crippen LogP contribution in [0.5, 0.6) is 0 Å². The number of rotatable bonds is 4. The largest absolute Gasteiger partial charge is 0.255 e. The van der Waals surface area contributed by atoms with Crippen molar-refractivity contribution in [3.63, 3.8) is 0 Å². The first-order valence-corrected chi connectivity index (χ1v) is 9.92. The SMILES string of the molecule is Clc1ccc([C@H]2[C@H](n3cncn3)C([C]3[CH][CH][CH][CH]3)=NN2c2ccccc2)c(Cl)c1. The maximum atomic E-state index is 6.65. The Morgan fingerprint density at radius 2 is 1.69 bits per heavy atom. The molecule has 5 rings (SSSR count). The van der Waals surface area contributed by atoms with Gasteiger partial charge >= 0.3 is 0 Å². The third kappa shape index (κ3) is 3.43. The lowest BCUT2D eigenvalue weighted by atomic mass is 9.89. The molecule has 1 fully saturated rings. The average Bonchev–Trinajstić information content (AvgIpc) is 3.48. The predicted octanol–water partition coefficient (Wildman–Crippen LogP) is 5.15. The Balaban J connectivity index is 1.68. The van der Waals surface area contributed by atoms with Crippen LogP contribution in [0, 0.1) is 31.6 Å². The molecule has 29 heavy (non-hydrogen) atoms. The molecule has 0 saturated heterocycles. The fraction of sp³-hybridized carbons (Fsp3) is 0.0909. The number of halogens is 2. The standard InChI is InChI=1S/C22H16Cl2N5/c23-16-10-11-18(19(24)12-16)21-22(28-14-25-13-26-28)20(15-6-4-5-7-15)27-29(21)17-8-2-1-3-9-17/h1-14,21-22H/t21-,22+/m0/s1. The van der Waals surface area contributed by atoms with E-state index in [1.165, 1.54) is 6.33 Å². The van der Waals surface area contributed by atoms with Crippen LogP contribution in [0.25, 0.3) is 0 Å². The van der Waals surface area contributed by atoms with Gasteiger partial charge in [-0.1, -0.05) is 47.5 Å². The zero-order chi connectivity index (χ0) is 19.8. The summed E-state index contributed by atoms with van der Waals surface area (Å²) in [4.78, 5) is 4.17. The monoisotopic (exact) mass is 420 g/mol. The molecule has 0 bridgehead atoms. The number of hydrogen-bond acceptors (Lipinski definition) is 4. The fourth-order valence-electron chi connectivity index (χ4n) is 3.77. The number of hydrogen-bond donors (Lipinski definition) is 0. The molecule has 0 unspecified atom stereocenters. The van der Waals surface area contributed by atoms with Gasteiger partial charge in [-0.15, -0.1) is 0 Å². The average molecular weight is 421 g/mol. The highest BCUT2D eigenvalue weighted by atomic mass is 35.5. The molecule has 2 aromatic carbocycles. The van der Waals surface area contributed by atoms with E-state index in [1.807, 2.05) is 65.0 Å². The van der Waals surface area contributed by atoms with Crippen LogP contribution in [0.2, 0.25) is 10.0 Å². The number of anilines is 1. The number of benzene rings is 2. The number of para-hydroxylation sites is 1. The number of nitrogens with zero attached hydrogens (tertiary/aromatic N) is 5. The van der Waals surface area contributed by atoms with Gasteiger partial charge in [0.15, 0.2) is 0 Å². The minimum atomic E-state index is -0.214. The van der Waals surface area contributed by atoms with Gasteiger partial charge in [0.2, 0.25) is 0 Å². The molecular formula is C22H16Cl2N5. The third-order valence-corrected chi connectivity index (χ3v) is 5.60. The molecule has 0 amide bonds. The van der Waals surface area contributed by atoms with Crippen molar-refractivity contribution < 1.29 is 0 Å². The highest BCUT2D eigenvalue weighted by molar-refractivity contribution is 6.35. The van der Waals surface area contributed by atoms with Gasteiger partial charge in [-0.05, 0) is 55.5 Å². The molecule has 1 aliphatic heterocycles. The second kappa shape index (κ2) is 7.81. The molecule has 0 spiro atoms. The summed E-state index contributed by atoms with van der Waals surface area (Å²) in [5, 5.41) is 12.7. The van der Waals surface area contributed by atoms with E-state index in [0.29, 0.717) is 10.0 Å². The van der Waals surface area contributed by atoms with Gasteiger partial charge in [0.05, 0.1) is 11.4 Å². The molecule has 143 valence electrons. The van der Waals surface area contributed by atoms with Crippen LogP contribution in [-0.2, 0) is 0 Å². The summed E-state index contributed by atoms with van der Waals surface area (Å²) >= 11 is 12.8. The van der Waals surface area contributed by atoms with E-state index < -0.39 is 0 Å². The predicted molar refractivity (Wildman–Crippen MR) is 115 cm³/mol. The Morgan fingerprint density at radius 1 is 0.897 bits per heavy atom. The summed E-state index contributed by atoms with van der Waals surface area (Å²) in [6.45, 7) is 0. The lowest BCUT2D eigenvalue weighted by Crippen LogP contribution is -2.30. The van der Waals surface area contributed by atoms with Gasteiger partial charge < -0.3 is 0 Å². The van der Waals surface area contributed by atoms with Gasteiger partial charge in [-0.3, -0.25) is 5.01 Å². The molecule has 2 aliphatic rings. The molecule has 5 radical (unpaired) electrons. The first-order chi connectivity index (χ1) is 14.2. The van der Waals surface area contributed by atoms with Crippen LogP contribution in [0.1, 0.15) is 17.6 Å². The van der Waals surface area contributed by atoms with Crippen LogP contribution >= 0.6 is 23.2 Å². The third-order valence-electron chi connectivity index (χ3n) is 5.04. The molecule has 5 nitrogen and oxygen atoms in total. The summed E-state index contributed by atoms with van der Waals surface area (Å²) in [5.74, 6) is 1.04. The van der Waals surface area contributed by atoms with Crippen molar-refractivity contribution in [2.24, 2.45) is 5.10 Å². The Bertz CT molecular complexity index is 1010. The quantitative estimate of drug-likeness (QED) is 0.586. The first-order valence-electron chi connectivity index (χ1n) is 9.16. The van der Waals surface area contributed by atoms with Crippen molar-refractivity contribution in [1.82, 2.24) is 14.8 Å². The molecule has 2 atom stereocenters. The van der Waals surface area contributed by atoms with E-state index >= 15 is 0 Å². The van der Waals surface area contributed by atoms with Gasteiger partial charge in [0, 0.05) is 16.0 Å². The zero-order valence-corrected chi connectivity index (χ0v) is 16.7. The smallest absolute Gasteiger partial charge is 0.137 e. The lowest BCUT2D eigenvalue weighted by molar-refractivity contribution is 0.483. The molecular weight excluding hydrogens is 405 g/mol. The Morgan fingerprint density at radius 3 is 2.38 bits per heavy atom. The summed E-state index contributed by atoms with van der Waals surface area (Å²) < 4.78 is 1.84. The normalized spacial score (nSPS) is 22.3. The molecule has 7 heteroatoms. The molecule has 1 aromatic heterocycles. The Kier molecular flexibility index (Phi) is 5.02. The van der Waals surface area contributed by atoms with Crippen molar-refractivity contribution in [3.05, 3.63) is 108 Å². The highest BCUT2D eigenvalue weighted by Crippen LogP contribution is 2.47. The van der Waals surface area contributed by atoms with Gasteiger partial charge in [0.25, 0.3) is 0 Å². The Labute approximate surface area is 180 Å². The van der Waals surface area contributed by atoms with Crippen LogP contribution in [-0.4, -0.2) is 20.5 Å². The number of aromatic nitrogens is 3. The number of hydrazone groups is 1.